The first-order valence-electron chi connectivity index (χ1n) is 4.85. The van der Waals surface area contributed by atoms with Crippen molar-refractivity contribution in [2.75, 3.05) is 0 Å². The monoisotopic (exact) mass is 266 g/mol. The largest absolute Gasteiger partial charge is 0.390 e. The van der Waals surface area contributed by atoms with Gasteiger partial charge in [0.25, 0.3) is 0 Å². The lowest BCUT2D eigenvalue weighted by molar-refractivity contribution is 0.0636. The number of hydrogen-bond donors (Lipinski definition) is 2. The fraction of sp³-hybridized carbons (Fsp3) is 0.545. The first-order chi connectivity index (χ1) is 6.47. The Morgan fingerprint density at radius 3 is 2.44 bits per heavy atom. The molecule has 1 heterocycles. The molecule has 3 N–H and O–H groups in total. The third-order valence-electron chi connectivity index (χ3n) is 1.96. The third-order valence-corrected chi connectivity index (χ3v) is 1.96. The average Bonchev–Trinajstić information content (AvgIpc) is 2.02. The fourth-order valence-corrected chi connectivity index (χ4v) is 1.50. The van der Waals surface area contributed by atoms with Gasteiger partial charge in [-0.05, 0) is 32.4 Å². The number of hydrogen-bond acceptors (Lipinski definition) is 3. The smallest absolute Gasteiger partial charge is 0.0606 e. The summed E-state index contributed by atoms with van der Waals surface area (Å²) in [6.07, 6.45) is 3.06. The number of aliphatic hydroxyl groups is 1. The predicted molar refractivity (Wildman–Crippen MR) is 71.3 cm³/mol. The molecular weight excluding hydrogens is 247 g/mol. The molecule has 0 radical (unpaired) electrons. The van der Waals surface area contributed by atoms with Crippen molar-refractivity contribution in [2.24, 2.45) is 5.73 Å². The van der Waals surface area contributed by atoms with E-state index in [1.165, 1.54) is 0 Å². The summed E-state index contributed by atoms with van der Waals surface area (Å²) in [5, 5.41) is 9.57. The summed E-state index contributed by atoms with van der Waals surface area (Å²) in [5.74, 6) is 0. The summed E-state index contributed by atoms with van der Waals surface area (Å²) in [4.78, 5) is 4.19. The van der Waals surface area contributed by atoms with Gasteiger partial charge in [0, 0.05) is 24.4 Å². The minimum absolute atomic E-state index is 0. The molecule has 0 fully saturated rings. The van der Waals surface area contributed by atoms with E-state index in [0.717, 1.165) is 5.69 Å². The maximum Gasteiger partial charge on any atom is 0.0606 e. The van der Waals surface area contributed by atoms with E-state index in [1.54, 1.807) is 20.0 Å². The minimum Gasteiger partial charge on any atom is -0.390 e. The maximum absolute atomic E-state index is 9.57. The van der Waals surface area contributed by atoms with Crippen LogP contribution in [0.15, 0.2) is 24.4 Å². The van der Waals surface area contributed by atoms with Crippen LogP contribution in [-0.2, 0) is 6.42 Å². The molecule has 0 saturated carbocycles. The highest BCUT2D eigenvalue weighted by Crippen LogP contribution is 2.11. The maximum atomic E-state index is 9.57. The SMILES string of the molecule is CC(C)(O)C[C@H](N)Cc1ccccn1.Cl.Cl. The highest BCUT2D eigenvalue weighted by atomic mass is 35.5. The van der Waals surface area contributed by atoms with Gasteiger partial charge in [0.05, 0.1) is 5.60 Å². The number of rotatable bonds is 4. The van der Waals surface area contributed by atoms with Gasteiger partial charge in [-0.2, -0.15) is 0 Å². The molecule has 0 spiro atoms. The summed E-state index contributed by atoms with van der Waals surface area (Å²) in [6.45, 7) is 3.54. The summed E-state index contributed by atoms with van der Waals surface area (Å²) in [5.41, 5.74) is 6.17. The molecule has 16 heavy (non-hydrogen) atoms. The summed E-state index contributed by atoms with van der Waals surface area (Å²) >= 11 is 0. The Morgan fingerprint density at radius 2 is 2.00 bits per heavy atom. The van der Waals surface area contributed by atoms with Crippen LogP contribution in [0.4, 0.5) is 0 Å². The minimum atomic E-state index is -0.700. The van der Waals surface area contributed by atoms with E-state index >= 15 is 0 Å². The Kier molecular flexibility index (Phi) is 8.84. The van der Waals surface area contributed by atoms with E-state index < -0.39 is 5.60 Å². The van der Waals surface area contributed by atoms with Gasteiger partial charge in [-0.25, -0.2) is 0 Å². The first kappa shape index (κ1) is 18.0. The number of pyridine rings is 1. The van der Waals surface area contributed by atoms with Gasteiger partial charge in [-0.1, -0.05) is 6.07 Å². The van der Waals surface area contributed by atoms with Gasteiger partial charge in [-0.15, -0.1) is 24.8 Å². The molecule has 1 aromatic rings. The second-order valence-electron chi connectivity index (χ2n) is 4.30. The molecule has 0 saturated heterocycles. The molecule has 1 rings (SSSR count). The van der Waals surface area contributed by atoms with E-state index in [4.69, 9.17) is 5.73 Å². The van der Waals surface area contributed by atoms with Crippen LogP contribution in [0.2, 0.25) is 0 Å². The van der Waals surface area contributed by atoms with E-state index in [0.29, 0.717) is 12.8 Å². The van der Waals surface area contributed by atoms with Crippen molar-refractivity contribution in [1.82, 2.24) is 4.98 Å². The van der Waals surface area contributed by atoms with Crippen LogP contribution >= 0.6 is 24.8 Å². The van der Waals surface area contributed by atoms with E-state index in [-0.39, 0.29) is 30.9 Å². The van der Waals surface area contributed by atoms with Crippen molar-refractivity contribution in [3.63, 3.8) is 0 Å². The Labute approximate surface area is 109 Å². The average molecular weight is 267 g/mol. The van der Waals surface area contributed by atoms with Crippen LogP contribution in [0.5, 0.6) is 0 Å². The molecule has 0 aliphatic carbocycles. The van der Waals surface area contributed by atoms with Crippen LogP contribution in [0.25, 0.3) is 0 Å². The molecule has 0 aromatic carbocycles. The van der Waals surface area contributed by atoms with Gasteiger partial charge in [0.2, 0.25) is 0 Å². The number of nitrogens with zero attached hydrogens (tertiary/aromatic N) is 1. The molecule has 0 bridgehead atoms. The van der Waals surface area contributed by atoms with Crippen molar-refractivity contribution in [3.05, 3.63) is 30.1 Å². The number of aromatic nitrogens is 1. The van der Waals surface area contributed by atoms with Crippen LogP contribution in [0.1, 0.15) is 26.0 Å². The second-order valence-corrected chi connectivity index (χ2v) is 4.30. The van der Waals surface area contributed by atoms with Crippen LogP contribution in [0, 0.1) is 0 Å². The lowest BCUT2D eigenvalue weighted by atomic mass is 9.96. The van der Waals surface area contributed by atoms with Gasteiger partial charge >= 0.3 is 0 Å². The second kappa shape index (κ2) is 7.85. The van der Waals surface area contributed by atoms with Crippen molar-refractivity contribution in [3.8, 4) is 0 Å². The zero-order chi connectivity index (χ0) is 10.6. The van der Waals surface area contributed by atoms with Gasteiger partial charge in [0.15, 0.2) is 0 Å². The third kappa shape index (κ3) is 7.88. The predicted octanol–water partition coefficient (Wildman–Crippen LogP) is 1.96. The molecule has 0 unspecified atom stereocenters. The molecule has 3 nitrogen and oxygen atoms in total. The lowest BCUT2D eigenvalue weighted by Gasteiger charge is -2.21. The van der Waals surface area contributed by atoms with E-state index in [1.807, 2.05) is 18.2 Å². The van der Waals surface area contributed by atoms with Crippen LogP contribution in [-0.4, -0.2) is 21.7 Å². The highest BCUT2D eigenvalue weighted by molar-refractivity contribution is 5.85. The van der Waals surface area contributed by atoms with Crippen molar-refractivity contribution >= 4 is 24.8 Å². The number of nitrogens with two attached hydrogens (primary N) is 1. The summed E-state index contributed by atoms with van der Waals surface area (Å²) in [6, 6.07) is 5.74. The molecule has 0 aliphatic heterocycles. The summed E-state index contributed by atoms with van der Waals surface area (Å²) < 4.78 is 0. The van der Waals surface area contributed by atoms with Crippen molar-refractivity contribution < 1.29 is 5.11 Å². The molecule has 94 valence electrons. The zero-order valence-corrected chi connectivity index (χ0v) is 11.2. The summed E-state index contributed by atoms with van der Waals surface area (Å²) in [7, 11) is 0. The van der Waals surface area contributed by atoms with Gasteiger partial charge in [0.1, 0.15) is 0 Å². The Balaban J connectivity index is 0. The number of halogens is 2. The lowest BCUT2D eigenvalue weighted by Crippen LogP contribution is -2.33. The normalized spacial score (nSPS) is 12.2. The molecular formula is C11H20Cl2N2O. The van der Waals surface area contributed by atoms with Crippen molar-refractivity contribution in [2.45, 2.75) is 38.3 Å². The highest BCUT2D eigenvalue weighted by Gasteiger charge is 2.17. The molecule has 1 aromatic heterocycles. The van der Waals surface area contributed by atoms with E-state index in [2.05, 4.69) is 4.98 Å². The Morgan fingerprint density at radius 1 is 1.38 bits per heavy atom. The van der Waals surface area contributed by atoms with Crippen LogP contribution in [0.3, 0.4) is 0 Å². The standard InChI is InChI=1S/C11H18N2O.2ClH/c1-11(2,14)8-9(12)7-10-5-3-4-6-13-10;;/h3-6,9,14H,7-8,12H2,1-2H3;2*1H/t9-;;/m1../s1. The fourth-order valence-electron chi connectivity index (χ4n) is 1.50. The first-order valence-corrected chi connectivity index (χ1v) is 4.85. The quantitative estimate of drug-likeness (QED) is 0.876. The molecule has 1 atom stereocenters. The van der Waals surface area contributed by atoms with Crippen molar-refractivity contribution in [1.29, 1.82) is 0 Å². The van der Waals surface area contributed by atoms with E-state index in [9.17, 15) is 5.11 Å². The topological polar surface area (TPSA) is 59.1 Å². The molecule has 0 amide bonds. The van der Waals surface area contributed by atoms with Crippen LogP contribution < -0.4 is 5.73 Å². The van der Waals surface area contributed by atoms with Gasteiger partial charge < -0.3 is 10.8 Å². The van der Waals surface area contributed by atoms with Gasteiger partial charge in [-0.3, -0.25) is 4.98 Å². The Hall–Kier alpha value is -0.350. The molecule has 0 aliphatic rings. The Bertz CT molecular complexity index is 275. The zero-order valence-electron chi connectivity index (χ0n) is 9.59. The molecule has 5 heteroatoms.